The lowest BCUT2D eigenvalue weighted by Crippen LogP contribution is -2.64. The van der Waals surface area contributed by atoms with Crippen molar-refractivity contribution in [3.63, 3.8) is 0 Å². The summed E-state index contributed by atoms with van der Waals surface area (Å²) in [5.74, 6) is -0.267. The number of fused-ring (bicyclic) bond motifs is 2. The van der Waals surface area contributed by atoms with Crippen LogP contribution in [0.4, 0.5) is 13.2 Å². The van der Waals surface area contributed by atoms with Gasteiger partial charge in [0.2, 0.25) is 0 Å². The molecule has 0 aromatic heterocycles. The summed E-state index contributed by atoms with van der Waals surface area (Å²) in [6.45, 7) is 2.33. The van der Waals surface area contributed by atoms with Crippen LogP contribution in [0.3, 0.4) is 0 Å². The zero-order valence-electron chi connectivity index (χ0n) is 16.7. The number of hydrogen-bond donors (Lipinski definition) is 2. The summed E-state index contributed by atoms with van der Waals surface area (Å²) in [7, 11) is 5.90. The van der Waals surface area contributed by atoms with E-state index in [1.54, 1.807) is 12.1 Å². The van der Waals surface area contributed by atoms with Crippen LogP contribution in [0, 0.1) is 0 Å². The first-order valence-electron chi connectivity index (χ1n) is 9.52. The van der Waals surface area contributed by atoms with E-state index in [9.17, 15) is 18.3 Å². The Morgan fingerprint density at radius 1 is 1.17 bits per heavy atom. The summed E-state index contributed by atoms with van der Waals surface area (Å²) in [6.07, 6.45) is -6.17. The van der Waals surface area contributed by atoms with E-state index >= 15 is 0 Å². The van der Waals surface area contributed by atoms with Crippen molar-refractivity contribution in [2.24, 2.45) is 0 Å². The molecule has 29 heavy (non-hydrogen) atoms. The molecule has 5 unspecified atom stereocenters. The molecule has 2 bridgehead atoms. The van der Waals surface area contributed by atoms with Gasteiger partial charge in [0.05, 0.1) is 24.8 Å². The molecule has 0 aliphatic carbocycles. The van der Waals surface area contributed by atoms with Gasteiger partial charge in [0.1, 0.15) is 11.9 Å². The summed E-state index contributed by atoms with van der Waals surface area (Å²) >= 11 is 0. The molecule has 7 nitrogen and oxygen atoms in total. The largest absolute Gasteiger partial charge is 0.573 e. The number of aliphatic hydroxyl groups is 1. The predicted octanol–water partition coefficient (Wildman–Crippen LogP) is 1.02. The Morgan fingerprint density at radius 3 is 2.48 bits per heavy atom. The fraction of sp³-hybridized carbons (Fsp3) is 0.684. The monoisotopic (exact) mass is 419 g/mol. The molecule has 0 radical (unpaired) electrons. The van der Waals surface area contributed by atoms with Crippen LogP contribution in [0.25, 0.3) is 0 Å². The number of nitrogens with zero attached hydrogens (tertiary/aromatic N) is 2. The van der Waals surface area contributed by atoms with Crippen LogP contribution in [-0.2, 0) is 16.0 Å². The van der Waals surface area contributed by atoms with Crippen molar-refractivity contribution in [1.82, 2.24) is 15.1 Å². The highest BCUT2D eigenvalue weighted by Crippen LogP contribution is 2.31. The van der Waals surface area contributed by atoms with E-state index in [2.05, 4.69) is 15.0 Å². The van der Waals surface area contributed by atoms with Gasteiger partial charge in [0.25, 0.3) is 0 Å². The Bertz CT molecular complexity index is 659. The van der Waals surface area contributed by atoms with Crippen molar-refractivity contribution in [2.75, 3.05) is 40.8 Å². The van der Waals surface area contributed by atoms with Gasteiger partial charge in [0.15, 0.2) is 6.29 Å². The van der Waals surface area contributed by atoms with Crippen molar-refractivity contribution in [1.29, 1.82) is 0 Å². The molecular weight excluding hydrogens is 391 g/mol. The van der Waals surface area contributed by atoms with Crippen molar-refractivity contribution >= 4 is 0 Å². The van der Waals surface area contributed by atoms with E-state index in [1.807, 2.05) is 26.0 Å². The minimum Gasteiger partial charge on any atom is -0.406 e. The Kier molecular flexibility index (Phi) is 7.02. The highest BCUT2D eigenvalue weighted by Gasteiger charge is 2.51. The van der Waals surface area contributed by atoms with Crippen LogP contribution in [0.1, 0.15) is 5.56 Å². The SMILES string of the molecule is CN(C)CCN(C)C1C2OCC(O2)C(NCc2ccc(OC(F)(F)F)cc2)C1O. The lowest BCUT2D eigenvalue weighted by molar-refractivity contribution is -0.274. The van der Waals surface area contributed by atoms with Gasteiger partial charge in [-0.05, 0) is 38.8 Å². The zero-order chi connectivity index (χ0) is 21.2. The van der Waals surface area contributed by atoms with E-state index < -0.39 is 18.8 Å². The molecule has 5 atom stereocenters. The highest BCUT2D eigenvalue weighted by molar-refractivity contribution is 5.27. The van der Waals surface area contributed by atoms with E-state index in [0.29, 0.717) is 13.2 Å². The van der Waals surface area contributed by atoms with Gasteiger partial charge in [-0.2, -0.15) is 0 Å². The second kappa shape index (κ2) is 9.15. The smallest absolute Gasteiger partial charge is 0.406 e. The first-order chi connectivity index (χ1) is 13.6. The van der Waals surface area contributed by atoms with Crippen LogP contribution in [0.15, 0.2) is 24.3 Å². The Balaban J connectivity index is 1.59. The van der Waals surface area contributed by atoms with Gasteiger partial charge in [-0.1, -0.05) is 12.1 Å². The Morgan fingerprint density at radius 2 is 1.86 bits per heavy atom. The number of ether oxygens (including phenoxy) is 3. The van der Waals surface area contributed by atoms with E-state index in [-0.39, 0.29) is 23.9 Å². The van der Waals surface area contributed by atoms with Gasteiger partial charge in [-0.3, -0.25) is 4.90 Å². The van der Waals surface area contributed by atoms with Crippen molar-refractivity contribution in [3.05, 3.63) is 29.8 Å². The number of halogens is 3. The summed E-state index contributed by atoms with van der Waals surface area (Å²) in [5, 5.41) is 14.2. The summed E-state index contributed by atoms with van der Waals surface area (Å²) < 4.78 is 52.4. The maximum atomic E-state index is 12.3. The molecule has 0 amide bonds. The zero-order valence-corrected chi connectivity index (χ0v) is 16.7. The average Bonchev–Trinajstić information content (AvgIpc) is 3.05. The number of rotatable bonds is 8. The summed E-state index contributed by atoms with van der Waals surface area (Å²) in [4.78, 5) is 4.10. The minimum absolute atomic E-state index is 0.267. The Hall–Kier alpha value is -1.43. The molecule has 2 saturated heterocycles. The quantitative estimate of drug-likeness (QED) is 0.652. The number of likely N-dealkylation sites (N-methyl/N-ethyl adjacent to an activating group) is 2. The van der Waals surface area contributed by atoms with Gasteiger partial charge >= 0.3 is 6.36 Å². The molecule has 1 aromatic carbocycles. The Labute approximate surface area is 168 Å². The van der Waals surface area contributed by atoms with Crippen LogP contribution >= 0.6 is 0 Å². The number of benzene rings is 1. The first kappa shape index (κ1) is 22.3. The van der Waals surface area contributed by atoms with Gasteiger partial charge < -0.3 is 29.5 Å². The fourth-order valence-electron chi connectivity index (χ4n) is 3.67. The number of hydrogen-bond acceptors (Lipinski definition) is 7. The molecule has 2 heterocycles. The summed E-state index contributed by atoms with van der Waals surface area (Å²) in [6, 6.07) is 4.98. The van der Waals surface area contributed by atoms with Crippen LogP contribution in [0.5, 0.6) is 5.75 Å². The molecule has 0 saturated carbocycles. The third kappa shape index (κ3) is 5.80. The van der Waals surface area contributed by atoms with Crippen molar-refractivity contribution < 1.29 is 32.5 Å². The molecule has 2 fully saturated rings. The number of aliphatic hydroxyl groups excluding tert-OH is 1. The maximum Gasteiger partial charge on any atom is 0.573 e. The van der Waals surface area contributed by atoms with Crippen molar-refractivity contribution in [3.8, 4) is 5.75 Å². The summed E-state index contributed by atoms with van der Waals surface area (Å²) in [5.41, 5.74) is 0.769. The van der Waals surface area contributed by atoms with E-state index in [0.717, 1.165) is 18.7 Å². The van der Waals surface area contributed by atoms with Gasteiger partial charge in [0, 0.05) is 19.6 Å². The van der Waals surface area contributed by atoms with Crippen LogP contribution < -0.4 is 10.1 Å². The normalized spacial score (nSPS) is 29.6. The van der Waals surface area contributed by atoms with Crippen LogP contribution in [0.2, 0.25) is 0 Å². The molecule has 1 aromatic rings. The molecule has 0 spiro atoms. The first-order valence-corrected chi connectivity index (χ1v) is 9.52. The topological polar surface area (TPSA) is 66.4 Å². The van der Waals surface area contributed by atoms with Gasteiger partial charge in [-0.15, -0.1) is 13.2 Å². The second-order valence-corrected chi connectivity index (χ2v) is 7.74. The van der Waals surface area contributed by atoms with E-state index in [1.165, 1.54) is 12.1 Å². The molecule has 2 aliphatic rings. The molecule has 164 valence electrons. The second-order valence-electron chi connectivity index (χ2n) is 7.74. The van der Waals surface area contributed by atoms with E-state index in [4.69, 9.17) is 9.47 Å². The molecule has 3 rings (SSSR count). The lowest BCUT2D eigenvalue weighted by atomic mass is 9.94. The van der Waals surface area contributed by atoms with Gasteiger partial charge in [-0.25, -0.2) is 0 Å². The third-order valence-corrected chi connectivity index (χ3v) is 5.24. The molecular formula is C19H28F3N3O4. The molecule has 2 aliphatic heterocycles. The molecule has 2 N–H and O–H groups in total. The standard InChI is InChI=1S/C19H28F3N3O4/c1-24(2)8-9-25(3)16-17(26)15(14-11-27-18(16)28-14)23-10-12-4-6-13(7-5-12)29-19(20,21)22/h4-7,14-18,23,26H,8-11H2,1-3H3. The molecule has 10 heteroatoms. The average molecular weight is 419 g/mol. The highest BCUT2D eigenvalue weighted by atomic mass is 19.4. The van der Waals surface area contributed by atoms with Crippen molar-refractivity contribution in [2.45, 2.75) is 43.5 Å². The van der Waals surface area contributed by atoms with Crippen LogP contribution in [-0.4, -0.2) is 92.7 Å². The fourth-order valence-corrected chi connectivity index (χ4v) is 3.67. The maximum absolute atomic E-state index is 12.3. The third-order valence-electron chi connectivity index (χ3n) is 5.24. The predicted molar refractivity (Wildman–Crippen MR) is 99.3 cm³/mol. The minimum atomic E-state index is -4.71. The number of alkyl halides is 3. The lowest BCUT2D eigenvalue weighted by Gasteiger charge is -2.43. The number of nitrogens with one attached hydrogen (secondary N) is 1.